The summed E-state index contributed by atoms with van der Waals surface area (Å²) < 4.78 is 45.2. The molecule has 1 aromatic carbocycles. The van der Waals surface area contributed by atoms with Gasteiger partial charge in [-0.2, -0.15) is 18.3 Å². The second-order valence-electron chi connectivity index (χ2n) is 7.15. The monoisotopic (exact) mass is 434 g/mol. The van der Waals surface area contributed by atoms with Gasteiger partial charge in [0.15, 0.2) is 0 Å². The number of aliphatic carboxylic acids is 1. The van der Waals surface area contributed by atoms with Crippen LogP contribution in [0.15, 0.2) is 60.2 Å². The third kappa shape index (κ3) is 6.87. The number of ether oxygens (including phenoxy) is 1. The van der Waals surface area contributed by atoms with E-state index >= 15 is 0 Å². The summed E-state index contributed by atoms with van der Waals surface area (Å²) in [6.07, 6.45) is 0.855. The highest BCUT2D eigenvalue weighted by Gasteiger charge is 2.30. The molecule has 0 amide bonds. The van der Waals surface area contributed by atoms with Crippen LogP contribution in [0.25, 0.3) is 0 Å². The smallest absolute Gasteiger partial charge is 0.416 e. The van der Waals surface area contributed by atoms with Crippen LogP contribution in [0, 0.1) is 13.8 Å². The summed E-state index contributed by atoms with van der Waals surface area (Å²) in [6, 6.07) is 4.51. The molecule has 31 heavy (non-hydrogen) atoms. The number of halogens is 3. The lowest BCUT2D eigenvalue weighted by molar-refractivity contribution is -0.138. The molecule has 5 nitrogen and oxygen atoms in total. The van der Waals surface area contributed by atoms with Gasteiger partial charge >= 0.3 is 12.1 Å². The number of alkyl halides is 3. The van der Waals surface area contributed by atoms with Gasteiger partial charge in [-0.15, -0.1) is 0 Å². The van der Waals surface area contributed by atoms with Gasteiger partial charge in [-0.3, -0.25) is 9.48 Å². The summed E-state index contributed by atoms with van der Waals surface area (Å²) in [4.78, 5) is 11.0. The zero-order valence-corrected chi connectivity index (χ0v) is 17.7. The molecule has 8 heteroatoms. The lowest BCUT2D eigenvalue weighted by atomic mass is 10.1. The molecule has 0 unspecified atom stereocenters. The Morgan fingerprint density at radius 2 is 1.87 bits per heavy atom. The Kier molecular flexibility index (Phi) is 7.85. The minimum absolute atomic E-state index is 0.0672. The van der Waals surface area contributed by atoms with E-state index in [1.165, 1.54) is 12.1 Å². The lowest BCUT2D eigenvalue weighted by Gasteiger charge is -2.09. The van der Waals surface area contributed by atoms with Gasteiger partial charge in [0.2, 0.25) is 0 Å². The Labute approximate surface area is 179 Å². The van der Waals surface area contributed by atoms with Crippen LogP contribution in [0.5, 0.6) is 5.75 Å². The summed E-state index contributed by atoms with van der Waals surface area (Å²) in [5.41, 5.74) is 3.22. The minimum atomic E-state index is -4.38. The number of hydrogen-bond acceptors (Lipinski definition) is 3. The molecule has 0 aliphatic heterocycles. The van der Waals surface area contributed by atoms with Crippen LogP contribution in [0.2, 0.25) is 0 Å². The summed E-state index contributed by atoms with van der Waals surface area (Å²) in [6.45, 7) is 9.93. The first-order valence-electron chi connectivity index (χ1n) is 9.54. The molecular weight excluding hydrogens is 409 g/mol. The fourth-order valence-electron chi connectivity index (χ4n) is 2.92. The van der Waals surface area contributed by atoms with Crippen LogP contribution >= 0.6 is 0 Å². The van der Waals surface area contributed by atoms with Gasteiger partial charge in [-0.1, -0.05) is 30.4 Å². The van der Waals surface area contributed by atoms with Gasteiger partial charge in [0, 0.05) is 11.3 Å². The number of hydrogen-bond donors (Lipinski definition) is 1. The molecule has 0 aliphatic carbocycles. The zero-order chi connectivity index (χ0) is 23.2. The second-order valence-corrected chi connectivity index (χ2v) is 7.15. The minimum Gasteiger partial charge on any atom is -0.489 e. The van der Waals surface area contributed by atoms with Crippen molar-refractivity contribution in [3.63, 3.8) is 0 Å². The van der Waals surface area contributed by atoms with Crippen molar-refractivity contribution in [1.82, 2.24) is 9.78 Å². The maximum absolute atomic E-state index is 12.6. The Bertz CT molecular complexity index is 1000. The second kappa shape index (κ2) is 10.1. The highest BCUT2D eigenvalue weighted by Crippen LogP contribution is 2.30. The number of aryl methyl sites for hydroxylation is 1. The van der Waals surface area contributed by atoms with E-state index in [0.717, 1.165) is 29.0 Å². The van der Waals surface area contributed by atoms with E-state index in [-0.39, 0.29) is 13.0 Å². The number of rotatable bonds is 9. The molecule has 0 atom stereocenters. The normalized spacial score (nSPS) is 12.7. The summed E-state index contributed by atoms with van der Waals surface area (Å²) in [5, 5.41) is 13.5. The standard InChI is InChI=1S/C23H25F3N2O3/c1-5-18(14-31-20-10-8-19(9-11-20)23(24,25)26)7-6-15(2)13-28-17(4)21(12-22(29)30)16(3)27-28/h5-11H,1,12-14H2,2-4H3,(H,29,30)/b15-6+,18-7+. The molecule has 0 saturated heterocycles. The number of carboxylic acids is 1. The molecule has 0 radical (unpaired) electrons. The molecule has 0 spiro atoms. The van der Waals surface area contributed by atoms with E-state index in [4.69, 9.17) is 9.84 Å². The van der Waals surface area contributed by atoms with Crippen molar-refractivity contribution in [3.05, 3.63) is 82.7 Å². The van der Waals surface area contributed by atoms with E-state index in [9.17, 15) is 18.0 Å². The highest BCUT2D eigenvalue weighted by atomic mass is 19.4. The fraction of sp³-hybridized carbons (Fsp3) is 0.304. The molecule has 1 N–H and O–H groups in total. The summed E-state index contributed by atoms with van der Waals surface area (Å²) in [5.74, 6) is -0.570. The number of carbonyl (C=O) groups is 1. The first-order valence-corrected chi connectivity index (χ1v) is 9.54. The number of aromatic nitrogens is 2. The van der Waals surface area contributed by atoms with E-state index in [1.54, 1.807) is 17.7 Å². The van der Waals surface area contributed by atoms with Gasteiger partial charge in [-0.05, 0) is 50.6 Å². The molecule has 0 bridgehead atoms. The summed E-state index contributed by atoms with van der Waals surface area (Å²) >= 11 is 0. The molecule has 2 aromatic rings. The third-order valence-electron chi connectivity index (χ3n) is 4.69. The van der Waals surface area contributed by atoms with Crippen LogP contribution in [-0.2, 0) is 23.9 Å². The lowest BCUT2D eigenvalue weighted by Crippen LogP contribution is -2.06. The van der Waals surface area contributed by atoms with Crippen molar-refractivity contribution < 1.29 is 27.8 Å². The SMILES string of the molecule is C=C/C(=C\C=C(/C)Cn1nc(C)c(CC(=O)O)c1C)COc1ccc(C(F)(F)F)cc1. The van der Waals surface area contributed by atoms with Gasteiger partial charge < -0.3 is 9.84 Å². The summed E-state index contributed by atoms with van der Waals surface area (Å²) in [7, 11) is 0. The molecule has 166 valence electrons. The fourth-order valence-corrected chi connectivity index (χ4v) is 2.92. The maximum Gasteiger partial charge on any atom is 0.416 e. The third-order valence-corrected chi connectivity index (χ3v) is 4.69. The Morgan fingerprint density at radius 1 is 1.23 bits per heavy atom. The average Bonchev–Trinajstić information content (AvgIpc) is 2.94. The maximum atomic E-state index is 12.6. The average molecular weight is 434 g/mol. The molecule has 0 saturated carbocycles. The van der Waals surface area contributed by atoms with Crippen molar-refractivity contribution in [1.29, 1.82) is 0 Å². The topological polar surface area (TPSA) is 64.4 Å². The number of benzene rings is 1. The molecule has 0 fully saturated rings. The first-order chi connectivity index (χ1) is 14.5. The van der Waals surface area contributed by atoms with Gasteiger partial charge in [0.25, 0.3) is 0 Å². The van der Waals surface area contributed by atoms with Crippen LogP contribution in [0.4, 0.5) is 13.2 Å². The van der Waals surface area contributed by atoms with Crippen LogP contribution < -0.4 is 4.74 Å². The van der Waals surface area contributed by atoms with Crippen molar-refractivity contribution >= 4 is 5.97 Å². The van der Waals surface area contributed by atoms with E-state index < -0.39 is 17.7 Å². The van der Waals surface area contributed by atoms with Crippen molar-refractivity contribution in [2.45, 2.75) is 39.9 Å². The molecule has 2 rings (SSSR count). The molecule has 1 aromatic heterocycles. The molecular formula is C23H25F3N2O3. The number of nitrogens with zero attached hydrogens (tertiary/aromatic N) is 2. The number of allylic oxidation sites excluding steroid dienone is 3. The quantitative estimate of drug-likeness (QED) is 0.545. The Hall–Kier alpha value is -3.29. The zero-order valence-electron chi connectivity index (χ0n) is 17.7. The molecule has 0 aliphatic rings. The largest absolute Gasteiger partial charge is 0.489 e. The van der Waals surface area contributed by atoms with E-state index in [2.05, 4.69) is 11.7 Å². The van der Waals surface area contributed by atoms with Gasteiger partial charge in [-0.25, -0.2) is 0 Å². The van der Waals surface area contributed by atoms with E-state index in [1.807, 2.05) is 26.0 Å². The number of carboxylic acid groups (broad SMARTS) is 1. The van der Waals surface area contributed by atoms with Crippen molar-refractivity contribution in [3.8, 4) is 5.75 Å². The van der Waals surface area contributed by atoms with Crippen LogP contribution in [0.3, 0.4) is 0 Å². The predicted molar refractivity (Wildman–Crippen MR) is 112 cm³/mol. The van der Waals surface area contributed by atoms with E-state index in [0.29, 0.717) is 23.6 Å². The first kappa shape index (κ1) is 24.0. The van der Waals surface area contributed by atoms with Gasteiger partial charge in [0.05, 0.1) is 24.2 Å². The van der Waals surface area contributed by atoms with Gasteiger partial charge in [0.1, 0.15) is 12.4 Å². The van der Waals surface area contributed by atoms with Crippen molar-refractivity contribution in [2.24, 2.45) is 0 Å². The Morgan fingerprint density at radius 3 is 2.42 bits per heavy atom. The molecule has 1 heterocycles. The Balaban J connectivity index is 2.03. The predicted octanol–water partition coefficient (Wildman–Crippen LogP) is 5.28. The highest BCUT2D eigenvalue weighted by molar-refractivity contribution is 5.70. The van der Waals surface area contributed by atoms with Crippen molar-refractivity contribution in [2.75, 3.05) is 6.61 Å². The van der Waals surface area contributed by atoms with Crippen LogP contribution in [0.1, 0.15) is 29.4 Å². The van der Waals surface area contributed by atoms with Crippen LogP contribution in [-0.4, -0.2) is 27.5 Å².